The SMILES string of the molecule is COC(=O)c1cccc2nc(Cc3cccc(OC)c3)nn12. The largest absolute Gasteiger partial charge is 0.497 e. The van der Waals surface area contributed by atoms with Crippen molar-refractivity contribution in [3.63, 3.8) is 0 Å². The molecule has 6 nitrogen and oxygen atoms in total. The van der Waals surface area contributed by atoms with Crippen LogP contribution in [0.1, 0.15) is 21.9 Å². The topological polar surface area (TPSA) is 65.7 Å². The van der Waals surface area contributed by atoms with Gasteiger partial charge in [0, 0.05) is 6.42 Å². The first-order valence-corrected chi connectivity index (χ1v) is 6.77. The fraction of sp³-hybridized carbons (Fsp3) is 0.188. The number of fused-ring (bicyclic) bond motifs is 1. The summed E-state index contributed by atoms with van der Waals surface area (Å²) in [5.74, 6) is 0.976. The second-order valence-corrected chi connectivity index (χ2v) is 4.73. The van der Waals surface area contributed by atoms with Gasteiger partial charge in [0.1, 0.15) is 5.75 Å². The highest BCUT2D eigenvalue weighted by atomic mass is 16.5. The standard InChI is InChI=1S/C16H15N3O3/c1-21-12-6-3-5-11(9-12)10-14-17-15-8-4-7-13(16(20)22-2)19(15)18-14/h3-9H,10H2,1-2H3. The fourth-order valence-electron chi connectivity index (χ4n) is 2.25. The summed E-state index contributed by atoms with van der Waals surface area (Å²) in [5, 5.41) is 4.40. The van der Waals surface area contributed by atoms with Crippen molar-refractivity contribution < 1.29 is 14.3 Å². The highest BCUT2D eigenvalue weighted by Gasteiger charge is 2.13. The summed E-state index contributed by atoms with van der Waals surface area (Å²) in [6.07, 6.45) is 0.555. The summed E-state index contributed by atoms with van der Waals surface area (Å²) in [7, 11) is 2.97. The quantitative estimate of drug-likeness (QED) is 0.690. The summed E-state index contributed by atoms with van der Waals surface area (Å²) in [6, 6.07) is 12.9. The van der Waals surface area contributed by atoms with Gasteiger partial charge in [-0.15, -0.1) is 0 Å². The molecule has 0 aliphatic rings. The van der Waals surface area contributed by atoms with Crippen LogP contribution in [0.3, 0.4) is 0 Å². The first-order chi connectivity index (χ1) is 10.7. The lowest BCUT2D eigenvalue weighted by Gasteiger charge is -2.02. The van der Waals surface area contributed by atoms with Gasteiger partial charge in [-0.1, -0.05) is 18.2 Å². The van der Waals surface area contributed by atoms with Gasteiger partial charge in [0.05, 0.1) is 14.2 Å². The Hall–Kier alpha value is -2.89. The number of benzene rings is 1. The van der Waals surface area contributed by atoms with Crippen molar-refractivity contribution in [2.24, 2.45) is 0 Å². The molecule has 0 unspecified atom stereocenters. The maximum Gasteiger partial charge on any atom is 0.356 e. The number of aromatic nitrogens is 3. The molecule has 3 aromatic rings. The molecular weight excluding hydrogens is 282 g/mol. The van der Waals surface area contributed by atoms with Crippen LogP contribution in [0.4, 0.5) is 0 Å². The summed E-state index contributed by atoms with van der Waals surface area (Å²) in [6.45, 7) is 0. The van der Waals surface area contributed by atoms with Crippen molar-refractivity contribution in [2.45, 2.75) is 6.42 Å². The Bertz CT molecular complexity index is 826. The molecule has 112 valence electrons. The first kappa shape index (κ1) is 14.1. The minimum Gasteiger partial charge on any atom is -0.497 e. The van der Waals surface area contributed by atoms with Crippen LogP contribution < -0.4 is 4.74 Å². The van der Waals surface area contributed by atoms with E-state index < -0.39 is 5.97 Å². The minimum absolute atomic E-state index is 0.351. The van der Waals surface area contributed by atoms with Crippen LogP contribution in [-0.4, -0.2) is 34.8 Å². The number of ether oxygens (including phenoxy) is 2. The molecule has 22 heavy (non-hydrogen) atoms. The lowest BCUT2D eigenvalue weighted by molar-refractivity contribution is 0.0591. The van der Waals surface area contributed by atoms with E-state index in [0.29, 0.717) is 23.6 Å². The fourth-order valence-corrected chi connectivity index (χ4v) is 2.25. The third-order valence-electron chi connectivity index (χ3n) is 3.29. The van der Waals surface area contributed by atoms with Crippen LogP contribution in [0.2, 0.25) is 0 Å². The molecule has 0 spiro atoms. The van der Waals surface area contributed by atoms with Crippen LogP contribution in [0.25, 0.3) is 5.65 Å². The average molecular weight is 297 g/mol. The van der Waals surface area contributed by atoms with E-state index in [1.807, 2.05) is 24.3 Å². The molecule has 2 aromatic heterocycles. The van der Waals surface area contributed by atoms with E-state index in [1.165, 1.54) is 11.6 Å². The normalized spacial score (nSPS) is 10.6. The molecule has 0 radical (unpaired) electrons. The van der Waals surface area contributed by atoms with Gasteiger partial charge in [-0.3, -0.25) is 0 Å². The van der Waals surface area contributed by atoms with Gasteiger partial charge in [-0.05, 0) is 29.8 Å². The Morgan fingerprint density at radius 1 is 1.18 bits per heavy atom. The van der Waals surface area contributed by atoms with Gasteiger partial charge >= 0.3 is 5.97 Å². The lowest BCUT2D eigenvalue weighted by Crippen LogP contribution is -2.08. The molecule has 0 atom stereocenters. The van der Waals surface area contributed by atoms with Crippen molar-refractivity contribution in [3.8, 4) is 5.75 Å². The van der Waals surface area contributed by atoms with Crippen molar-refractivity contribution in [3.05, 3.63) is 59.5 Å². The monoisotopic (exact) mass is 297 g/mol. The van der Waals surface area contributed by atoms with Crippen LogP contribution in [0, 0.1) is 0 Å². The summed E-state index contributed by atoms with van der Waals surface area (Å²) < 4.78 is 11.5. The highest BCUT2D eigenvalue weighted by molar-refractivity contribution is 5.88. The van der Waals surface area contributed by atoms with Gasteiger partial charge in [0.25, 0.3) is 0 Å². The number of pyridine rings is 1. The number of methoxy groups -OCH3 is 2. The minimum atomic E-state index is -0.441. The molecule has 1 aromatic carbocycles. The second kappa shape index (κ2) is 5.85. The van der Waals surface area contributed by atoms with Crippen molar-refractivity contribution in [2.75, 3.05) is 14.2 Å². The number of hydrogen-bond acceptors (Lipinski definition) is 5. The highest BCUT2D eigenvalue weighted by Crippen LogP contribution is 2.16. The number of carbonyl (C=O) groups excluding carboxylic acids is 1. The average Bonchev–Trinajstić information content (AvgIpc) is 2.96. The van der Waals surface area contributed by atoms with Crippen LogP contribution in [0.5, 0.6) is 5.75 Å². The van der Waals surface area contributed by atoms with E-state index in [0.717, 1.165) is 11.3 Å². The van der Waals surface area contributed by atoms with Crippen molar-refractivity contribution in [1.29, 1.82) is 0 Å². The summed E-state index contributed by atoms with van der Waals surface area (Å²) in [4.78, 5) is 16.2. The molecule has 2 heterocycles. The van der Waals surface area contributed by atoms with Gasteiger partial charge < -0.3 is 9.47 Å². The van der Waals surface area contributed by atoms with Crippen LogP contribution in [-0.2, 0) is 11.2 Å². The third-order valence-corrected chi connectivity index (χ3v) is 3.29. The maximum atomic E-state index is 11.8. The number of esters is 1. The predicted octanol–water partition coefficient (Wildman–Crippen LogP) is 2.12. The zero-order valence-electron chi connectivity index (χ0n) is 12.3. The van der Waals surface area contributed by atoms with Crippen LogP contribution in [0.15, 0.2) is 42.5 Å². The van der Waals surface area contributed by atoms with Crippen LogP contribution >= 0.6 is 0 Å². The van der Waals surface area contributed by atoms with E-state index in [-0.39, 0.29) is 0 Å². The molecule has 0 aliphatic heterocycles. The Morgan fingerprint density at radius 3 is 2.77 bits per heavy atom. The number of hydrogen-bond donors (Lipinski definition) is 0. The Labute approximate surface area is 127 Å². The smallest absolute Gasteiger partial charge is 0.356 e. The summed E-state index contributed by atoms with van der Waals surface area (Å²) in [5.41, 5.74) is 2.00. The first-order valence-electron chi connectivity index (χ1n) is 6.77. The lowest BCUT2D eigenvalue weighted by atomic mass is 10.1. The Balaban J connectivity index is 1.96. The third kappa shape index (κ3) is 2.63. The number of carbonyl (C=O) groups is 1. The molecule has 0 saturated carbocycles. The maximum absolute atomic E-state index is 11.8. The second-order valence-electron chi connectivity index (χ2n) is 4.73. The van der Waals surface area contributed by atoms with Crippen molar-refractivity contribution >= 4 is 11.6 Å². The molecular formula is C16H15N3O3. The van der Waals surface area contributed by atoms with Crippen molar-refractivity contribution in [1.82, 2.24) is 14.6 Å². The van der Waals surface area contributed by atoms with Gasteiger partial charge in [0.15, 0.2) is 17.2 Å². The van der Waals surface area contributed by atoms with E-state index in [4.69, 9.17) is 9.47 Å². The molecule has 0 amide bonds. The van der Waals surface area contributed by atoms with Gasteiger partial charge in [0.2, 0.25) is 0 Å². The molecule has 0 bridgehead atoms. The number of rotatable bonds is 4. The van der Waals surface area contributed by atoms with Gasteiger partial charge in [-0.25, -0.2) is 14.3 Å². The Morgan fingerprint density at radius 2 is 2.00 bits per heavy atom. The zero-order chi connectivity index (χ0) is 15.5. The summed E-state index contributed by atoms with van der Waals surface area (Å²) >= 11 is 0. The molecule has 0 aliphatic carbocycles. The molecule has 6 heteroatoms. The van der Waals surface area contributed by atoms with E-state index >= 15 is 0 Å². The predicted molar refractivity (Wildman–Crippen MR) is 80.1 cm³/mol. The molecule has 0 saturated heterocycles. The number of nitrogens with zero attached hydrogens (tertiary/aromatic N) is 3. The molecule has 0 N–H and O–H groups in total. The Kier molecular flexibility index (Phi) is 3.74. The molecule has 0 fully saturated rings. The van der Waals surface area contributed by atoms with Gasteiger partial charge in [-0.2, -0.15) is 5.10 Å². The molecule has 3 rings (SSSR count). The zero-order valence-corrected chi connectivity index (χ0v) is 12.3. The van der Waals surface area contributed by atoms with E-state index in [9.17, 15) is 4.79 Å². The van der Waals surface area contributed by atoms with E-state index in [1.54, 1.807) is 25.3 Å². The van der Waals surface area contributed by atoms with E-state index in [2.05, 4.69) is 10.1 Å².